The van der Waals surface area contributed by atoms with E-state index in [0.717, 1.165) is 0 Å². The van der Waals surface area contributed by atoms with Crippen molar-refractivity contribution in [3.63, 3.8) is 0 Å². The first-order valence-electron chi connectivity index (χ1n) is 6.38. The summed E-state index contributed by atoms with van der Waals surface area (Å²) in [5.41, 5.74) is -0.121. The highest BCUT2D eigenvalue weighted by Gasteiger charge is 2.21. The first-order valence-corrected chi connectivity index (χ1v) is 6.76. The zero-order chi connectivity index (χ0) is 15.9. The second-order valence-corrected chi connectivity index (χ2v) is 4.70. The molecule has 1 aromatic carbocycles. The van der Waals surface area contributed by atoms with E-state index < -0.39 is 18.0 Å². The van der Waals surface area contributed by atoms with Crippen molar-refractivity contribution in [2.45, 2.75) is 12.5 Å². The summed E-state index contributed by atoms with van der Waals surface area (Å²) in [6.07, 6.45) is 0.867. The average Bonchev–Trinajstić information content (AvgIpc) is 2.50. The Labute approximate surface area is 131 Å². The molecule has 0 unspecified atom stereocenters. The SMILES string of the molecule is O=CC[C@H](NC(=O)Oc1ccccc1)c1nccc(Cl)c1F. The van der Waals surface area contributed by atoms with E-state index in [1.54, 1.807) is 30.3 Å². The molecular weight excluding hydrogens is 311 g/mol. The van der Waals surface area contributed by atoms with Gasteiger partial charge in [0.1, 0.15) is 17.7 Å². The Morgan fingerprint density at radius 1 is 1.36 bits per heavy atom. The van der Waals surface area contributed by atoms with Crippen molar-refractivity contribution < 1.29 is 18.7 Å². The Balaban J connectivity index is 2.13. The molecule has 1 aromatic heterocycles. The molecule has 0 bridgehead atoms. The molecule has 2 rings (SSSR count). The van der Waals surface area contributed by atoms with Gasteiger partial charge in [-0.05, 0) is 18.2 Å². The van der Waals surface area contributed by atoms with E-state index in [-0.39, 0.29) is 17.1 Å². The van der Waals surface area contributed by atoms with Crippen LogP contribution in [0.1, 0.15) is 18.2 Å². The lowest BCUT2D eigenvalue weighted by Gasteiger charge is -2.16. The summed E-state index contributed by atoms with van der Waals surface area (Å²) in [7, 11) is 0. The number of rotatable bonds is 5. The van der Waals surface area contributed by atoms with Gasteiger partial charge in [0.2, 0.25) is 0 Å². The second-order valence-electron chi connectivity index (χ2n) is 4.29. The van der Waals surface area contributed by atoms with Gasteiger partial charge in [0.25, 0.3) is 0 Å². The monoisotopic (exact) mass is 322 g/mol. The summed E-state index contributed by atoms with van der Waals surface area (Å²) < 4.78 is 19.0. The fraction of sp³-hybridized carbons (Fsp3) is 0.133. The number of ether oxygens (including phenoxy) is 1. The lowest BCUT2D eigenvalue weighted by atomic mass is 10.1. The van der Waals surface area contributed by atoms with Crippen molar-refractivity contribution in [3.05, 3.63) is 59.1 Å². The molecule has 0 radical (unpaired) electrons. The number of pyridine rings is 1. The lowest BCUT2D eigenvalue weighted by molar-refractivity contribution is -0.108. The third-order valence-electron chi connectivity index (χ3n) is 2.78. The Kier molecular flexibility index (Phi) is 5.43. The highest BCUT2D eigenvalue weighted by molar-refractivity contribution is 6.30. The molecule has 0 fully saturated rings. The summed E-state index contributed by atoms with van der Waals surface area (Å²) >= 11 is 5.68. The molecule has 7 heteroatoms. The first-order chi connectivity index (χ1) is 10.6. The summed E-state index contributed by atoms with van der Waals surface area (Å²) in [6, 6.07) is 8.66. The van der Waals surface area contributed by atoms with Gasteiger partial charge in [-0.25, -0.2) is 9.18 Å². The zero-order valence-electron chi connectivity index (χ0n) is 11.3. The molecule has 0 saturated carbocycles. The minimum Gasteiger partial charge on any atom is -0.410 e. The standard InChI is InChI=1S/C15H12ClFN2O3/c16-11-6-8-18-14(13(11)17)12(7-9-20)19-15(21)22-10-4-2-1-3-5-10/h1-6,8-9,12H,7H2,(H,19,21)/t12-/m0/s1. The van der Waals surface area contributed by atoms with Gasteiger partial charge in [0.15, 0.2) is 5.82 Å². The van der Waals surface area contributed by atoms with Crippen molar-refractivity contribution in [1.29, 1.82) is 0 Å². The minimum atomic E-state index is -0.965. The average molecular weight is 323 g/mol. The van der Waals surface area contributed by atoms with Crippen LogP contribution in [0.15, 0.2) is 42.6 Å². The van der Waals surface area contributed by atoms with Crippen molar-refractivity contribution >= 4 is 24.0 Å². The van der Waals surface area contributed by atoms with E-state index in [2.05, 4.69) is 10.3 Å². The second kappa shape index (κ2) is 7.51. The number of hydrogen-bond donors (Lipinski definition) is 1. The van der Waals surface area contributed by atoms with Crippen LogP contribution in [0.5, 0.6) is 5.75 Å². The van der Waals surface area contributed by atoms with Crippen molar-refractivity contribution in [1.82, 2.24) is 10.3 Å². The molecule has 1 atom stereocenters. The van der Waals surface area contributed by atoms with Gasteiger partial charge in [0, 0.05) is 12.6 Å². The number of benzene rings is 1. The Morgan fingerprint density at radius 2 is 2.09 bits per heavy atom. The molecule has 0 spiro atoms. The number of hydrogen-bond acceptors (Lipinski definition) is 4. The molecule has 0 aliphatic heterocycles. The highest BCUT2D eigenvalue weighted by Crippen LogP contribution is 2.23. The maximum Gasteiger partial charge on any atom is 0.413 e. The van der Waals surface area contributed by atoms with Crippen molar-refractivity contribution in [2.24, 2.45) is 0 Å². The molecule has 5 nitrogen and oxygen atoms in total. The van der Waals surface area contributed by atoms with Gasteiger partial charge in [-0.2, -0.15) is 0 Å². The van der Waals surface area contributed by atoms with Crippen molar-refractivity contribution in [2.75, 3.05) is 0 Å². The smallest absolute Gasteiger partial charge is 0.410 e. The summed E-state index contributed by atoms with van der Waals surface area (Å²) in [5.74, 6) is -0.458. The van der Waals surface area contributed by atoms with Gasteiger partial charge >= 0.3 is 6.09 Å². The van der Waals surface area contributed by atoms with Crippen LogP contribution in [-0.4, -0.2) is 17.4 Å². The van der Waals surface area contributed by atoms with Crippen molar-refractivity contribution in [3.8, 4) is 5.75 Å². The van der Waals surface area contributed by atoms with Crippen LogP contribution >= 0.6 is 11.6 Å². The van der Waals surface area contributed by atoms with Gasteiger partial charge in [-0.1, -0.05) is 29.8 Å². The Bertz CT molecular complexity index is 667. The largest absolute Gasteiger partial charge is 0.413 e. The third-order valence-corrected chi connectivity index (χ3v) is 3.07. The molecule has 0 saturated heterocycles. The van der Waals surface area contributed by atoms with E-state index in [1.807, 2.05) is 0 Å². The van der Waals surface area contributed by atoms with E-state index in [4.69, 9.17) is 16.3 Å². The first kappa shape index (κ1) is 15.9. The maximum atomic E-state index is 13.9. The van der Waals surface area contributed by atoms with E-state index in [1.165, 1.54) is 12.3 Å². The van der Waals surface area contributed by atoms with E-state index in [0.29, 0.717) is 12.0 Å². The van der Waals surface area contributed by atoms with Crippen LogP contribution < -0.4 is 10.1 Å². The molecule has 1 amide bonds. The number of amides is 1. The molecule has 1 N–H and O–H groups in total. The van der Waals surface area contributed by atoms with Crippen LogP contribution in [0.4, 0.5) is 9.18 Å². The Hall–Kier alpha value is -2.47. The quantitative estimate of drug-likeness (QED) is 0.858. The lowest BCUT2D eigenvalue weighted by Crippen LogP contribution is -2.32. The fourth-order valence-corrected chi connectivity index (χ4v) is 1.93. The normalized spacial score (nSPS) is 11.5. The van der Waals surface area contributed by atoms with Crippen LogP contribution in [0, 0.1) is 5.82 Å². The molecule has 0 aliphatic carbocycles. The number of nitrogens with one attached hydrogen (secondary N) is 1. The van der Waals surface area contributed by atoms with Crippen LogP contribution in [0.2, 0.25) is 5.02 Å². The maximum absolute atomic E-state index is 13.9. The number of para-hydroxylation sites is 1. The van der Waals surface area contributed by atoms with Crippen LogP contribution in [0.25, 0.3) is 0 Å². The molecular formula is C15H12ClFN2O3. The number of aldehydes is 1. The van der Waals surface area contributed by atoms with E-state index >= 15 is 0 Å². The molecule has 2 aromatic rings. The predicted octanol–water partition coefficient (Wildman–Crippen LogP) is 3.29. The fourth-order valence-electron chi connectivity index (χ4n) is 1.78. The highest BCUT2D eigenvalue weighted by atomic mass is 35.5. The van der Waals surface area contributed by atoms with Crippen LogP contribution in [0.3, 0.4) is 0 Å². The number of carbonyl (C=O) groups excluding carboxylic acids is 2. The number of aromatic nitrogens is 1. The summed E-state index contributed by atoms with van der Waals surface area (Å²) in [4.78, 5) is 26.4. The predicted molar refractivity (Wildman–Crippen MR) is 78.2 cm³/mol. The van der Waals surface area contributed by atoms with E-state index in [9.17, 15) is 14.0 Å². The van der Waals surface area contributed by atoms with Crippen LogP contribution in [-0.2, 0) is 4.79 Å². The van der Waals surface area contributed by atoms with Gasteiger partial charge in [-0.3, -0.25) is 4.98 Å². The molecule has 114 valence electrons. The topological polar surface area (TPSA) is 68.3 Å². The number of nitrogens with zero attached hydrogens (tertiary/aromatic N) is 1. The van der Waals surface area contributed by atoms with Gasteiger partial charge in [0.05, 0.1) is 11.1 Å². The molecule has 1 heterocycles. The number of carbonyl (C=O) groups is 2. The third kappa shape index (κ3) is 4.02. The zero-order valence-corrected chi connectivity index (χ0v) is 12.1. The minimum absolute atomic E-state index is 0.121. The Morgan fingerprint density at radius 3 is 2.77 bits per heavy atom. The van der Waals surface area contributed by atoms with Gasteiger partial charge in [-0.15, -0.1) is 0 Å². The molecule has 22 heavy (non-hydrogen) atoms. The van der Waals surface area contributed by atoms with Gasteiger partial charge < -0.3 is 14.8 Å². The summed E-state index contributed by atoms with van der Waals surface area (Å²) in [6.45, 7) is 0. The molecule has 0 aliphatic rings. The number of halogens is 2. The summed E-state index contributed by atoms with van der Waals surface area (Å²) in [5, 5.41) is 2.26.